The molecule has 3 aliphatic carbocycles. The highest BCUT2D eigenvalue weighted by Crippen LogP contribution is 2.79. The highest BCUT2D eigenvalue weighted by molar-refractivity contribution is 6.66. The molecule has 34 heavy (non-hydrogen) atoms. The monoisotopic (exact) mass is 584 g/mol. The molecule has 178 valence electrons. The van der Waals surface area contributed by atoms with Crippen LogP contribution in [0.15, 0.2) is 43.5 Å². The van der Waals surface area contributed by atoms with Crippen molar-refractivity contribution in [2.45, 2.75) is 20.0 Å². The molecule has 0 radical (unpaired) electrons. The lowest BCUT2D eigenvalue weighted by Gasteiger charge is -2.36. The largest absolute Gasteiger partial charge is 0.504 e. The molecule has 4 aliphatic rings. The van der Waals surface area contributed by atoms with Crippen molar-refractivity contribution in [2.75, 3.05) is 0 Å². The fraction of sp³-hybridized carbons (Fsp3) is 0.238. The second kappa shape index (κ2) is 7.15. The molecule has 0 saturated heterocycles. The standard InChI is InChI=1S/C21H10Cl6O7/c22-16-17(23)20(25)11(18(32)33)10(19(16,24)21(20,26)27)9-5-1-3-7(28)12(30)14(5)34-15-6(9)2-4-8(29)13(15)31/h1-4,10-11,28,30-31H,(H,32,33). The normalized spacial score (nSPS) is 29.9. The number of rotatable bonds is 2. The van der Waals surface area contributed by atoms with E-state index >= 15 is 0 Å². The van der Waals surface area contributed by atoms with Gasteiger partial charge in [0.15, 0.2) is 21.4 Å². The van der Waals surface area contributed by atoms with Crippen molar-refractivity contribution in [3.8, 4) is 28.6 Å². The number of benzene rings is 2. The first kappa shape index (κ1) is 24.0. The number of fused-ring (bicyclic) bond motifs is 4. The molecule has 4 unspecified atom stereocenters. The Morgan fingerprint density at radius 1 is 0.912 bits per heavy atom. The molecule has 4 atom stereocenters. The van der Waals surface area contributed by atoms with Crippen molar-refractivity contribution in [2.24, 2.45) is 5.92 Å². The second-order valence-electron chi connectivity index (χ2n) is 8.03. The average molecular weight is 587 g/mol. The fourth-order valence-corrected chi connectivity index (χ4v) is 7.93. The summed E-state index contributed by atoms with van der Waals surface area (Å²) in [7, 11) is 0. The first-order valence-corrected chi connectivity index (χ1v) is 11.7. The van der Waals surface area contributed by atoms with Crippen LogP contribution in [0.25, 0.3) is 22.3 Å². The Balaban J connectivity index is 2.02. The fourth-order valence-electron chi connectivity index (χ4n) is 4.99. The zero-order valence-electron chi connectivity index (χ0n) is 16.2. The predicted molar refractivity (Wildman–Crippen MR) is 128 cm³/mol. The number of phenols is 3. The van der Waals surface area contributed by atoms with Gasteiger partial charge in [0.25, 0.3) is 0 Å². The quantitative estimate of drug-likeness (QED) is 0.174. The maximum atomic E-state index is 12.6. The Hall–Kier alpha value is -1.74. The van der Waals surface area contributed by atoms with Crippen molar-refractivity contribution in [3.05, 3.63) is 50.1 Å². The molecule has 1 heterocycles. The van der Waals surface area contributed by atoms with Gasteiger partial charge in [-0.1, -0.05) is 46.4 Å². The van der Waals surface area contributed by atoms with Gasteiger partial charge in [0.2, 0.25) is 16.9 Å². The zero-order chi connectivity index (χ0) is 25.1. The predicted octanol–water partition coefficient (Wildman–Crippen LogP) is 5.64. The Morgan fingerprint density at radius 2 is 1.53 bits per heavy atom. The van der Waals surface area contributed by atoms with Gasteiger partial charge in [-0.25, -0.2) is 0 Å². The third-order valence-electron chi connectivity index (χ3n) is 6.50. The Kier molecular flexibility index (Phi) is 5.04. The van der Waals surface area contributed by atoms with E-state index in [2.05, 4.69) is 0 Å². The number of halogens is 6. The molecule has 0 spiro atoms. The summed E-state index contributed by atoms with van der Waals surface area (Å²) in [5.74, 6) is -7.12. The minimum Gasteiger partial charge on any atom is -0.504 e. The van der Waals surface area contributed by atoms with Gasteiger partial charge in [0.05, 0.1) is 16.0 Å². The van der Waals surface area contributed by atoms with Crippen molar-refractivity contribution < 1.29 is 29.6 Å². The summed E-state index contributed by atoms with van der Waals surface area (Å²) in [4.78, 5) is 20.4. The Bertz CT molecular complexity index is 1500. The molecule has 1 aromatic rings. The van der Waals surface area contributed by atoms with Crippen LogP contribution in [0.5, 0.6) is 17.2 Å². The minimum atomic E-state index is -2.24. The number of carbonyl (C=O) groups is 1. The van der Waals surface area contributed by atoms with E-state index in [0.29, 0.717) is 0 Å². The van der Waals surface area contributed by atoms with Gasteiger partial charge in [-0.2, -0.15) is 0 Å². The highest BCUT2D eigenvalue weighted by Gasteiger charge is 2.84. The third kappa shape index (κ3) is 2.48. The summed E-state index contributed by atoms with van der Waals surface area (Å²) in [6.45, 7) is 0. The first-order valence-electron chi connectivity index (χ1n) is 9.40. The molecule has 13 heteroatoms. The molecule has 1 saturated carbocycles. The lowest BCUT2D eigenvalue weighted by molar-refractivity contribution is -0.142. The highest BCUT2D eigenvalue weighted by atomic mass is 35.5. The average Bonchev–Trinajstić information content (AvgIpc) is 2.98. The zero-order valence-corrected chi connectivity index (χ0v) is 20.8. The van der Waals surface area contributed by atoms with E-state index in [0.717, 1.165) is 12.1 Å². The number of alkyl halides is 4. The van der Waals surface area contributed by atoms with Crippen molar-refractivity contribution >= 4 is 86.5 Å². The van der Waals surface area contributed by atoms with Crippen LogP contribution in [-0.2, 0) is 4.79 Å². The van der Waals surface area contributed by atoms with Crippen LogP contribution in [0, 0.1) is 5.92 Å². The molecule has 1 aromatic carbocycles. The van der Waals surface area contributed by atoms with Crippen LogP contribution in [0.3, 0.4) is 0 Å². The molecular formula is C21H10Cl6O7. The number of hydrogen-bond donors (Lipinski definition) is 4. The van der Waals surface area contributed by atoms with Gasteiger partial charge in [0.1, 0.15) is 9.75 Å². The summed E-state index contributed by atoms with van der Waals surface area (Å²) >= 11 is 39.7. The van der Waals surface area contributed by atoms with E-state index in [-0.39, 0.29) is 32.2 Å². The SMILES string of the molecule is O=C(O)C1C(c2c3ccc(=O)c(O)c-3oc3c(O)c(O)ccc23)C2(Cl)C(Cl)=C(Cl)C1(Cl)C2(Cl)Cl. The number of carboxylic acid groups (broad SMARTS) is 1. The van der Waals surface area contributed by atoms with Crippen molar-refractivity contribution in [1.82, 2.24) is 0 Å². The van der Waals surface area contributed by atoms with Crippen LogP contribution >= 0.6 is 69.6 Å². The molecule has 5 rings (SSSR count). The van der Waals surface area contributed by atoms with Crippen LogP contribution in [0.1, 0.15) is 11.5 Å². The summed E-state index contributed by atoms with van der Waals surface area (Å²) in [6, 6.07) is 4.75. The first-order chi connectivity index (χ1) is 15.7. The summed E-state index contributed by atoms with van der Waals surface area (Å²) < 4.78 is 3.34. The number of aliphatic carboxylic acids is 1. The molecule has 2 bridgehead atoms. The minimum absolute atomic E-state index is 0.0415. The molecule has 0 aromatic heterocycles. The van der Waals surface area contributed by atoms with E-state index < -0.39 is 60.3 Å². The Morgan fingerprint density at radius 3 is 2.15 bits per heavy atom. The maximum Gasteiger partial charge on any atom is 0.309 e. The molecule has 1 aliphatic heterocycles. The molecular weight excluding hydrogens is 577 g/mol. The second-order valence-corrected chi connectivity index (χ2v) is 11.3. The van der Waals surface area contributed by atoms with Crippen molar-refractivity contribution in [3.63, 3.8) is 0 Å². The van der Waals surface area contributed by atoms with E-state index in [1.54, 1.807) is 0 Å². The van der Waals surface area contributed by atoms with Crippen LogP contribution in [0.4, 0.5) is 0 Å². The summed E-state index contributed by atoms with van der Waals surface area (Å²) in [5, 5.41) is 40.6. The molecule has 1 fully saturated rings. The number of allylic oxidation sites excluding steroid dienone is 2. The van der Waals surface area contributed by atoms with Gasteiger partial charge < -0.3 is 24.8 Å². The molecule has 4 N–H and O–H groups in total. The number of phenolic OH excluding ortho intramolecular Hbond substituents is 3. The summed E-state index contributed by atoms with van der Waals surface area (Å²) in [6.07, 6.45) is 0. The van der Waals surface area contributed by atoms with E-state index in [9.17, 15) is 30.0 Å². The van der Waals surface area contributed by atoms with Gasteiger partial charge in [-0.3, -0.25) is 9.59 Å². The maximum absolute atomic E-state index is 12.6. The molecule has 0 amide bonds. The lowest BCUT2D eigenvalue weighted by atomic mass is 9.74. The lowest BCUT2D eigenvalue weighted by Crippen LogP contribution is -2.45. The summed E-state index contributed by atoms with van der Waals surface area (Å²) in [5.41, 5.74) is -1.10. The molecule has 7 nitrogen and oxygen atoms in total. The van der Waals surface area contributed by atoms with E-state index in [1.165, 1.54) is 12.1 Å². The van der Waals surface area contributed by atoms with Gasteiger partial charge in [0, 0.05) is 16.9 Å². The van der Waals surface area contributed by atoms with Crippen molar-refractivity contribution in [1.29, 1.82) is 0 Å². The number of hydrogen-bond acceptors (Lipinski definition) is 6. The van der Waals surface area contributed by atoms with Crippen LogP contribution in [-0.4, -0.2) is 40.5 Å². The van der Waals surface area contributed by atoms with Gasteiger partial charge >= 0.3 is 5.97 Å². The van der Waals surface area contributed by atoms with Crippen LogP contribution < -0.4 is 5.43 Å². The van der Waals surface area contributed by atoms with Crippen LogP contribution in [0.2, 0.25) is 0 Å². The topological polar surface area (TPSA) is 128 Å². The Labute approximate surface area is 219 Å². The smallest absolute Gasteiger partial charge is 0.309 e. The third-order valence-corrected chi connectivity index (χ3v) is 10.8. The van der Waals surface area contributed by atoms with E-state index in [1.807, 2.05) is 0 Å². The van der Waals surface area contributed by atoms with E-state index in [4.69, 9.17) is 74.0 Å². The number of aromatic hydroxyl groups is 3. The number of carboxylic acids is 1. The van der Waals surface area contributed by atoms with Gasteiger partial charge in [-0.05, 0) is 29.8 Å². The van der Waals surface area contributed by atoms with Gasteiger partial charge in [-0.15, -0.1) is 23.2 Å².